The molecule has 6 saturated carbocycles. The summed E-state index contributed by atoms with van der Waals surface area (Å²) >= 11 is 7.27. The van der Waals surface area contributed by atoms with Gasteiger partial charge in [0, 0.05) is 39.2 Å². The lowest BCUT2D eigenvalue weighted by Gasteiger charge is -2.53. The Morgan fingerprint density at radius 2 is 1.07 bits per heavy atom. The molecule has 2 aromatic rings. The Bertz CT molecular complexity index is 1640. The van der Waals surface area contributed by atoms with Crippen LogP contribution in [0.4, 0.5) is 4.79 Å². The van der Waals surface area contributed by atoms with Crippen LogP contribution in [0.1, 0.15) is 154 Å². The van der Waals surface area contributed by atoms with Crippen LogP contribution in [0.25, 0.3) is 0 Å². The fraction of sp³-hybridized carbons (Fsp3) is 0.652. The summed E-state index contributed by atoms with van der Waals surface area (Å²) in [6.07, 6.45) is 13.9. The third-order valence-electron chi connectivity index (χ3n) is 15.0. The minimum atomic E-state index is -0.862. The van der Waals surface area contributed by atoms with Crippen molar-refractivity contribution >= 4 is 55.5 Å². The molecule has 4 bridgehead atoms. The van der Waals surface area contributed by atoms with Crippen LogP contribution in [0.15, 0.2) is 57.5 Å². The number of nitrogens with zero attached hydrogens (tertiary/aromatic N) is 1. The molecule has 7 aliphatic rings. The fourth-order valence-electron chi connectivity index (χ4n) is 11.0. The highest BCUT2D eigenvalue weighted by Crippen LogP contribution is 2.60. The lowest BCUT2D eigenvalue weighted by molar-refractivity contribution is -0.163. The van der Waals surface area contributed by atoms with Crippen molar-refractivity contribution < 1.29 is 28.7 Å². The van der Waals surface area contributed by atoms with Crippen LogP contribution < -0.4 is 0 Å². The number of ketones is 2. The van der Waals surface area contributed by atoms with Crippen molar-refractivity contribution in [2.24, 2.45) is 10.8 Å². The molecule has 6 aliphatic carbocycles. The number of likely N-dealkylation sites (tertiary alicyclic amines) is 1. The summed E-state index contributed by atoms with van der Waals surface area (Å²) in [5, 5.41) is 0. The SMILES string of the molecule is CC(C)(CCC(=O)C12CCC(c3cccc(Br)c3)(CC1)CC2)OC(=O)C1CCCN1C(=O)OC(C)(C)CCC(=O)C12CCC(c3cccc(Br)c3)(CC1)CC2. The highest BCUT2D eigenvalue weighted by Gasteiger charge is 2.54. The monoisotopic (exact) mass is 879 g/mol. The van der Waals surface area contributed by atoms with Crippen molar-refractivity contribution in [1.29, 1.82) is 0 Å². The molecule has 1 aliphatic heterocycles. The maximum Gasteiger partial charge on any atom is 0.411 e. The molecule has 1 heterocycles. The summed E-state index contributed by atoms with van der Waals surface area (Å²) in [5.74, 6) is 0.147. The van der Waals surface area contributed by atoms with Crippen LogP contribution in [0.5, 0.6) is 0 Å². The molecule has 298 valence electrons. The van der Waals surface area contributed by atoms with E-state index in [1.165, 1.54) is 16.0 Å². The molecule has 0 spiro atoms. The molecule has 9 rings (SSSR count). The molecule has 9 heteroatoms. The van der Waals surface area contributed by atoms with Crippen molar-refractivity contribution in [3.8, 4) is 0 Å². The number of Topliss-reactive ketones (excluding diaryl/α,β-unsaturated/α-hetero) is 2. The number of ether oxygens (including phenoxy) is 2. The van der Waals surface area contributed by atoms with Gasteiger partial charge in [-0.15, -0.1) is 0 Å². The van der Waals surface area contributed by atoms with Crippen LogP contribution in [-0.2, 0) is 34.7 Å². The number of hydrogen-bond acceptors (Lipinski definition) is 6. The molecule has 7 fully saturated rings. The van der Waals surface area contributed by atoms with Gasteiger partial charge in [0.15, 0.2) is 0 Å². The van der Waals surface area contributed by atoms with Gasteiger partial charge in [-0.05, 0) is 177 Å². The van der Waals surface area contributed by atoms with E-state index < -0.39 is 29.3 Å². The Labute approximate surface area is 344 Å². The summed E-state index contributed by atoms with van der Waals surface area (Å²) < 4.78 is 14.3. The van der Waals surface area contributed by atoms with Crippen molar-refractivity contribution in [3.05, 3.63) is 68.6 Å². The van der Waals surface area contributed by atoms with Crippen LogP contribution in [0.2, 0.25) is 0 Å². The number of hydrogen-bond donors (Lipinski definition) is 0. The summed E-state index contributed by atoms with van der Waals surface area (Å²) in [6.45, 7) is 7.87. The van der Waals surface area contributed by atoms with Gasteiger partial charge in [0.2, 0.25) is 0 Å². The van der Waals surface area contributed by atoms with Crippen LogP contribution in [0.3, 0.4) is 0 Å². The van der Waals surface area contributed by atoms with Crippen LogP contribution in [0, 0.1) is 10.8 Å². The highest BCUT2D eigenvalue weighted by atomic mass is 79.9. The Kier molecular flexibility index (Phi) is 11.3. The highest BCUT2D eigenvalue weighted by molar-refractivity contribution is 9.10. The Morgan fingerprint density at radius 1 is 0.655 bits per heavy atom. The third kappa shape index (κ3) is 8.27. The van der Waals surface area contributed by atoms with Gasteiger partial charge in [-0.25, -0.2) is 9.59 Å². The number of benzene rings is 2. The van der Waals surface area contributed by atoms with E-state index in [1.807, 2.05) is 27.7 Å². The molecule has 0 aromatic heterocycles. The van der Waals surface area contributed by atoms with E-state index in [0.717, 1.165) is 86.0 Å². The van der Waals surface area contributed by atoms with Crippen LogP contribution in [-0.4, -0.2) is 52.3 Å². The molecule has 2 aromatic carbocycles. The summed E-state index contributed by atoms with van der Waals surface area (Å²) in [5.41, 5.74) is 0.849. The molecule has 7 nitrogen and oxygen atoms in total. The number of carbonyl (C=O) groups is 4. The minimum absolute atomic E-state index is 0.167. The Hall–Kier alpha value is -2.52. The topological polar surface area (TPSA) is 90.0 Å². The number of esters is 1. The van der Waals surface area contributed by atoms with Crippen LogP contribution >= 0.6 is 31.9 Å². The largest absolute Gasteiger partial charge is 0.458 e. The first-order chi connectivity index (χ1) is 26.0. The fourth-order valence-corrected chi connectivity index (χ4v) is 11.8. The van der Waals surface area contributed by atoms with E-state index in [2.05, 4.69) is 80.4 Å². The Morgan fingerprint density at radius 3 is 1.49 bits per heavy atom. The summed E-state index contributed by atoms with van der Waals surface area (Å²) in [6, 6.07) is 16.6. The molecule has 1 amide bonds. The third-order valence-corrected chi connectivity index (χ3v) is 15.9. The predicted molar refractivity (Wildman–Crippen MR) is 221 cm³/mol. The first-order valence-electron chi connectivity index (χ1n) is 20.8. The number of carbonyl (C=O) groups excluding carboxylic acids is 4. The summed E-state index contributed by atoms with van der Waals surface area (Å²) in [4.78, 5) is 56.2. The maximum atomic E-state index is 13.8. The lowest BCUT2D eigenvalue weighted by atomic mass is 9.50. The molecule has 55 heavy (non-hydrogen) atoms. The number of rotatable bonds is 13. The molecule has 0 N–H and O–H groups in total. The van der Waals surface area contributed by atoms with Gasteiger partial charge >= 0.3 is 12.1 Å². The smallest absolute Gasteiger partial charge is 0.411 e. The number of amides is 1. The molecule has 1 unspecified atom stereocenters. The number of halogens is 2. The van der Waals surface area contributed by atoms with Crippen molar-refractivity contribution in [2.45, 2.75) is 171 Å². The van der Waals surface area contributed by atoms with E-state index in [9.17, 15) is 19.2 Å². The van der Waals surface area contributed by atoms with E-state index in [1.54, 1.807) is 0 Å². The zero-order valence-electron chi connectivity index (χ0n) is 33.3. The van der Waals surface area contributed by atoms with Gasteiger partial charge in [-0.3, -0.25) is 14.5 Å². The first kappa shape index (κ1) is 40.7. The van der Waals surface area contributed by atoms with Crippen molar-refractivity contribution in [2.75, 3.05) is 6.54 Å². The Balaban J connectivity index is 0.870. The van der Waals surface area contributed by atoms with E-state index in [4.69, 9.17) is 9.47 Å². The second-order valence-electron chi connectivity index (χ2n) is 19.1. The second-order valence-corrected chi connectivity index (χ2v) is 21.0. The quantitative estimate of drug-likeness (QED) is 0.186. The molecule has 1 atom stereocenters. The molecule has 1 saturated heterocycles. The molecule has 0 radical (unpaired) electrons. The van der Waals surface area contributed by atoms with Gasteiger partial charge in [0.25, 0.3) is 0 Å². The number of fused-ring (bicyclic) bond motifs is 6. The normalized spacial score (nSPS) is 30.3. The zero-order valence-corrected chi connectivity index (χ0v) is 36.5. The predicted octanol–water partition coefficient (Wildman–Crippen LogP) is 11.5. The minimum Gasteiger partial charge on any atom is -0.458 e. The van der Waals surface area contributed by atoms with Gasteiger partial charge in [0.1, 0.15) is 28.8 Å². The average molecular weight is 882 g/mol. The van der Waals surface area contributed by atoms with Gasteiger partial charge in [-0.2, -0.15) is 0 Å². The van der Waals surface area contributed by atoms with E-state index in [0.29, 0.717) is 56.6 Å². The van der Waals surface area contributed by atoms with Gasteiger partial charge in [0.05, 0.1) is 0 Å². The van der Waals surface area contributed by atoms with E-state index in [-0.39, 0.29) is 21.7 Å². The standard InChI is InChI=1S/C46H59Br2NO6/c1-41(2,15-13-37(50)45-23-17-43(18-24-45,19-25-45)32-8-5-10-34(47)30-32)54-39(52)36-12-7-29-49(36)40(53)55-42(3,4)16-14-38(51)46-26-20-44(21-27-46,22-28-46)33-9-6-11-35(48)31-33/h5-6,8-11,30-31,36H,7,12-29H2,1-4H3. The lowest BCUT2D eigenvalue weighted by Crippen LogP contribution is -2.49. The summed E-state index contributed by atoms with van der Waals surface area (Å²) in [7, 11) is 0. The first-order valence-corrected chi connectivity index (χ1v) is 22.4. The van der Waals surface area contributed by atoms with E-state index >= 15 is 0 Å². The molecular formula is C46H59Br2NO6. The van der Waals surface area contributed by atoms with Gasteiger partial charge in [-0.1, -0.05) is 56.1 Å². The molecular weight excluding hydrogens is 822 g/mol. The van der Waals surface area contributed by atoms with Gasteiger partial charge < -0.3 is 9.47 Å². The van der Waals surface area contributed by atoms with Crippen molar-refractivity contribution in [1.82, 2.24) is 4.90 Å². The average Bonchev–Trinajstić information content (AvgIpc) is 3.68. The van der Waals surface area contributed by atoms with Crippen molar-refractivity contribution in [3.63, 3.8) is 0 Å². The maximum absolute atomic E-state index is 13.8. The second kappa shape index (κ2) is 15.3. The zero-order chi connectivity index (χ0) is 39.3.